The summed E-state index contributed by atoms with van der Waals surface area (Å²) in [5.74, 6) is 1.55. The molecular formula is C23H34FN2O3. The molecule has 1 N–H and O–H groups in total. The van der Waals surface area contributed by atoms with Crippen LogP contribution in [0, 0.1) is 6.42 Å². The number of hydrogen-bond acceptors (Lipinski definition) is 4. The summed E-state index contributed by atoms with van der Waals surface area (Å²) < 4.78 is 24.8. The largest absolute Gasteiger partial charge is 0.486 e. The van der Waals surface area contributed by atoms with Gasteiger partial charge in [-0.2, -0.15) is 0 Å². The fraction of sp³-hybridized carbons (Fsp3) is 0.652. The number of likely N-dealkylation sites (tertiary alicyclic amines) is 1. The molecule has 1 amide bonds. The van der Waals surface area contributed by atoms with Gasteiger partial charge in [0.25, 0.3) is 0 Å². The maximum atomic E-state index is 13.6. The number of nitrogens with one attached hydrogen (secondary N) is 1. The van der Waals surface area contributed by atoms with Gasteiger partial charge in [0.1, 0.15) is 19.4 Å². The number of hydrogen-bond donors (Lipinski definition) is 1. The Morgan fingerprint density at radius 3 is 2.79 bits per heavy atom. The molecule has 161 valence electrons. The van der Waals surface area contributed by atoms with E-state index in [1.807, 2.05) is 24.6 Å². The molecule has 5 nitrogen and oxygen atoms in total. The smallest absolute Gasteiger partial charge is 0.220 e. The summed E-state index contributed by atoms with van der Waals surface area (Å²) in [4.78, 5) is 14.6. The van der Waals surface area contributed by atoms with Crippen molar-refractivity contribution in [2.75, 3.05) is 32.8 Å². The van der Waals surface area contributed by atoms with Crippen LogP contribution in [0.5, 0.6) is 11.5 Å². The van der Waals surface area contributed by atoms with E-state index < -0.39 is 6.17 Å². The van der Waals surface area contributed by atoms with Gasteiger partial charge in [-0.05, 0) is 30.5 Å². The first-order chi connectivity index (χ1) is 14.1. The number of carbonyl (C=O) groups excluding carboxylic acids is 1. The summed E-state index contributed by atoms with van der Waals surface area (Å²) in [6, 6.07) is 5.66. The van der Waals surface area contributed by atoms with Crippen molar-refractivity contribution in [3.63, 3.8) is 0 Å². The zero-order valence-electron chi connectivity index (χ0n) is 17.5. The second-order valence-electron chi connectivity index (χ2n) is 8.05. The molecule has 1 aromatic rings. The van der Waals surface area contributed by atoms with Crippen molar-refractivity contribution in [3.05, 3.63) is 30.2 Å². The third-order valence-corrected chi connectivity index (χ3v) is 5.48. The molecule has 0 spiro atoms. The summed E-state index contributed by atoms with van der Waals surface area (Å²) in [5.41, 5.74) is 0.971. The molecule has 2 atom stereocenters. The Bertz CT molecular complexity index is 655. The van der Waals surface area contributed by atoms with E-state index in [0.29, 0.717) is 39.1 Å². The summed E-state index contributed by atoms with van der Waals surface area (Å²) in [6.45, 7) is 5.09. The number of ether oxygens (including phenoxy) is 2. The molecule has 1 aromatic carbocycles. The average Bonchev–Trinajstić information content (AvgIpc) is 3.12. The fourth-order valence-corrected chi connectivity index (χ4v) is 3.93. The molecule has 0 aliphatic carbocycles. The van der Waals surface area contributed by atoms with Crippen LogP contribution in [0.1, 0.15) is 57.4 Å². The van der Waals surface area contributed by atoms with Crippen LogP contribution in [0.4, 0.5) is 4.39 Å². The highest BCUT2D eigenvalue weighted by Gasteiger charge is 2.25. The first kappa shape index (κ1) is 21.9. The van der Waals surface area contributed by atoms with Gasteiger partial charge in [0, 0.05) is 38.5 Å². The number of fused-ring (bicyclic) bond motifs is 1. The van der Waals surface area contributed by atoms with E-state index in [1.165, 1.54) is 19.3 Å². The lowest BCUT2D eigenvalue weighted by Crippen LogP contribution is -2.43. The van der Waals surface area contributed by atoms with Crippen molar-refractivity contribution in [2.24, 2.45) is 0 Å². The summed E-state index contributed by atoms with van der Waals surface area (Å²) >= 11 is 0. The minimum atomic E-state index is -0.765. The zero-order chi connectivity index (χ0) is 20.5. The van der Waals surface area contributed by atoms with Crippen molar-refractivity contribution in [3.8, 4) is 11.5 Å². The van der Waals surface area contributed by atoms with Gasteiger partial charge in [-0.1, -0.05) is 38.7 Å². The molecule has 1 fully saturated rings. The third kappa shape index (κ3) is 7.18. The van der Waals surface area contributed by atoms with Crippen LogP contribution in [-0.2, 0) is 4.79 Å². The van der Waals surface area contributed by atoms with Gasteiger partial charge in [-0.15, -0.1) is 0 Å². The van der Waals surface area contributed by atoms with E-state index in [1.54, 1.807) is 0 Å². The van der Waals surface area contributed by atoms with Gasteiger partial charge in [-0.25, -0.2) is 4.39 Å². The first-order valence-electron chi connectivity index (χ1n) is 11.0. The number of halogens is 1. The van der Waals surface area contributed by atoms with E-state index in [0.717, 1.165) is 36.4 Å². The Morgan fingerprint density at radius 2 is 2.03 bits per heavy atom. The molecule has 2 heterocycles. The number of nitrogens with zero attached hydrogens (tertiary/aromatic N) is 1. The lowest BCUT2D eigenvalue weighted by molar-refractivity contribution is -0.121. The van der Waals surface area contributed by atoms with Crippen LogP contribution in [0.25, 0.3) is 0 Å². The van der Waals surface area contributed by atoms with Crippen LogP contribution < -0.4 is 14.8 Å². The highest BCUT2D eigenvalue weighted by molar-refractivity contribution is 5.76. The molecule has 2 aliphatic rings. The van der Waals surface area contributed by atoms with Gasteiger partial charge in [0.05, 0.1) is 0 Å². The predicted octanol–water partition coefficient (Wildman–Crippen LogP) is 3.90. The van der Waals surface area contributed by atoms with E-state index in [2.05, 4.69) is 17.1 Å². The van der Waals surface area contributed by atoms with E-state index in [4.69, 9.17) is 9.47 Å². The molecule has 6 heteroatoms. The standard InChI is InChI=1S/C23H34FN2O3/c1-2-3-4-5-6-7-23(27)25-20(17-26-11-10-19(24)16-26)14-18-8-9-21-22(15-18)29-13-12-28-21/h8-9,14-15,19-20H,2-7,10-13,16-17H2,1H3,(H,25,27)/t19-,20+/m1/s1. The third-order valence-electron chi connectivity index (χ3n) is 5.48. The Hall–Kier alpha value is -1.82. The summed E-state index contributed by atoms with van der Waals surface area (Å²) in [7, 11) is 0. The Kier molecular flexibility index (Phi) is 8.59. The molecule has 0 bridgehead atoms. The van der Waals surface area contributed by atoms with E-state index in [9.17, 15) is 9.18 Å². The molecule has 1 radical (unpaired) electrons. The number of rotatable bonds is 11. The Labute approximate surface area is 173 Å². The van der Waals surface area contributed by atoms with Crippen molar-refractivity contribution < 1.29 is 18.7 Å². The second kappa shape index (κ2) is 11.4. The number of amides is 1. The molecule has 1 saturated heterocycles. The quantitative estimate of drug-likeness (QED) is 0.568. The number of alkyl halides is 1. The molecule has 0 saturated carbocycles. The van der Waals surface area contributed by atoms with Gasteiger partial charge in [-0.3, -0.25) is 9.69 Å². The van der Waals surface area contributed by atoms with Crippen LogP contribution >= 0.6 is 0 Å². The molecule has 2 aliphatic heterocycles. The van der Waals surface area contributed by atoms with Crippen molar-refractivity contribution in [1.29, 1.82) is 0 Å². The number of carbonyl (C=O) groups is 1. The topological polar surface area (TPSA) is 50.8 Å². The van der Waals surface area contributed by atoms with Crippen LogP contribution in [0.2, 0.25) is 0 Å². The monoisotopic (exact) mass is 405 g/mol. The average molecular weight is 406 g/mol. The molecule has 0 aromatic heterocycles. The van der Waals surface area contributed by atoms with E-state index >= 15 is 0 Å². The van der Waals surface area contributed by atoms with E-state index in [-0.39, 0.29) is 11.9 Å². The molecule has 3 rings (SSSR count). The maximum absolute atomic E-state index is 13.6. The van der Waals surface area contributed by atoms with Gasteiger partial charge in [0.2, 0.25) is 5.91 Å². The Balaban J connectivity index is 1.56. The summed E-state index contributed by atoms with van der Waals surface area (Å²) in [6.07, 6.45) is 8.00. The fourth-order valence-electron chi connectivity index (χ4n) is 3.93. The highest BCUT2D eigenvalue weighted by atomic mass is 19.1. The van der Waals surface area contributed by atoms with Crippen molar-refractivity contribution >= 4 is 5.91 Å². The minimum absolute atomic E-state index is 0.0660. The molecule has 0 unspecified atom stereocenters. The maximum Gasteiger partial charge on any atom is 0.220 e. The summed E-state index contributed by atoms with van der Waals surface area (Å²) in [5, 5.41) is 3.15. The number of benzene rings is 1. The zero-order valence-corrected chi connectivity index (χ0v) is 17.5. The number of unbranched alkanes of at least 4 members (excludes halogenated alkanes) is 4. The lowest BCUT2D eigenvalue weighted by Gasteiger charge is -2.25. The molecule has 29 heavy (non-hydrogen) atoms. The SMILES string of the molecule is CCCCCCCC(=O)N[C@@H]([CH]c1ccc2c(c1)OCCO2)CN1CC[C@@H](F)C1. The first-order valence-corrected chi connectivity index (χ1v) is 11.0. The highest BCUT2D eigenvalue weighted by Crippen LogP contribution is 2.31. The lowest BCUT2D eigenvalue weighted by atomic mass is 10.0. The second-order valence-corrected chi connectivity index (χ2v) is 8.05. The van der Waals surface area contributed by atoms with Gasteiger partial charge < -0.3 is 14.8 Å². The van der Waals surface area contributed by atoms with Gasteiger partial charge in [0.15, 0.2) is 11.5 Å². The Morgan fingerprint density at radius 1 is 1.24 bits per heavy atom. The van der Waals surface area contributed by atoms with Crippen molar-refractivity contribution in [1.82, 2.24) is 10.2 Å². The van der Waals surface area contributed by atoms with Gasteiger partial charge >= 0.3 is 0 Å². The van der Waals surface area contributed by atoms with Crippen LogP contribution in [0.3, 0.4) is 0 Å². The molecular weight excluding hydrogens is 371 g/mol. The van der Waals surface area contributed by atoms with Crippen molar-refractivity contribution in [2.45, 2.75) is 64.1 Å². The van der Waals surface area contributed by atoms with Crippen LogP contribution in [-0.4, -0.2) is 55.9 Å². The van der Waals surface area contributed by atoms with Crippen LogP contribution in [0.15, 0.2) is 18.2 Å². The predicted molar refractivity (Wildman–Crippen MR) is 112 cm³/mol. The minimum Gasteiger partial charge on any atom is -0.486 e. The normalized spacial score (nSPS) is 19.9.